The van der Waals surface area contributed by atoms with Crippen LogP contribution in [-0.4, -0.2) is 29.8 Å². The number of aromatic amines is 1. The Balaban J connectivity index is 2.01. The van der Waals surface area contributed by atoms with Gasteiger partial charge < -0.3 is 10.4 Å². The zero-order chi connectivity index (χ0) is 16.1. The minimum atomic E-state index is -2.13. The van der Waals surface area contributed by atoms with Gasteiger partial charge in [0.15, 0.2) is 0 Å². The molecule has 1 unspecified atom stereocenters. The van der Waals surface area contributed by atoms with E-state index in [0.717, 1.165) is 11.8 Å². The lowest BCUT2D eigenvalue weighted by molar-refractivity contribution is 0.0694. The fourth-order valence-corrected chi connectivity index (χ4v) is 1.95. The Hall–Kier alpha value is -2.72. The zero-order valence-corrected chi connectivity index (χ0v) is 11.9. The van der Waals surface area contributed by atoms with Crippen molar-refractivity contribution in [1.29, 1.82) is 0 Å². The van der Waals surface area contributed by atoms with E-state index in [4.69, 9.17) is 9.66 Å². The molecule has 0 aliphatic carbocycles. The van der Waals surface area contributed by atoms with E-state index in [-0.39, 0.29) is 5.95 Å². The molecule has 0 fully saturated rings. The lowest BCUT2D eigenvalue weighted by Gasteiger charge is -2.07. The van der Waals surface area contributed by atoms with E-state index >= 15 is 0 Å². The normalized spacial score (nSPS) is 11.7. The number of nitrogens with one attached hydrogen (secondary N) is 3. The summed E-state index contributed by atoms with van der Waals surface area (Å²) in [7, 11) is 0. The van der Waals surface area contributed by atoms with E-state index in [2.05, 4.69) is 20.0 Å². The van der Waals surface area contributed by atoms with Gasteiger partial charge in [-0.25, -0.2) is 14.0 Å². The second-order valence-corrected chi connectivity index (χ2v) is 4.88. The number of hydrogen-bond acceptors (Lipinski definition) is 5. The minimum absolute atomic E-state index is 0.147. The van der Waals surface area contributed by atoms with Gasteiger partial charge in [-0.2, -0.15) is 0 Å². The molecule has 1 aromatic heterocycles. The number of hydrogen-bond donors (Lipinski definition) is 5. The van der Waals surface area contributed by atoms with Crippen LogP contribution in [0.1, 0.15) is 15.9 Å². The second kappa shape index (κ2) is 6.83. The highest BCUT2D eigenvalue weighted by molar-refractivity contribution is 7.80. The minimum Gasteiger partial charge on any atom is -0.477 e. The first-order valence-electron chi connectivity index (χ1n) is 5.98. The third-order valence-electron chi connectivity index (χ3n) is 2.65. The molecule has 0 bridgehead atoms. The van der Waals surface area contributed by atoms with Gasteiger partial charge >= 0.3 is 5.97 Å². The predicted molar refractivity (Wildman–Crippen MR) is 80.0 cm³/mol. The zero-order valence-electron chi connectivity index (χ0n) is 11.1. The topological polar surface area (TPSA) is 144 Å². The predicted octanol–water partition coefficient (Wildman–Crippen LogP) is 0.629. The molecule has 116 valence electrons. The monoisotopic (exact) mass is 324 g/mol. The van der Waals surface area contributed by atoms with Crippen molar-refractivity contribution < 1.29 is 18.7 Å². The Labute approximate surface area is 126 Å². The van der Waals surface area contributed by atoms with Gasteiger partial charge in [-0.15, -0.1) is 0 Å². The average molecular weight is 324 g/mol. The number of anilines is 2. The molecular weight excluding hydrogens is 312 g/mol. The SMILES string of the molecule is O=C(O)c1cnc(NCc2ccc(NS(=O)O)cc2)[nH]c1=O. The molecular formula is C12H12N4O5S. The molecule has 9 nitrogen and oxygen atoms in total. The third kappa shape index (κ3) is 4.14. The van der Waals surface area contributed by atoms with Crippen molar-refractivity contribution in [3.8, 4) is 0 Å². The average Bonchev–Trinajstić information content (AvgIpc) is 2.45. The maximum atomic E-state index is 11.5. The standard InChI is InChI=1S/C12H12N4O5S/c17-10-9(11(18)19)6-14-12(15-10)13-5-7-1-3-8(4-2-7)16-22(20)21/h1-4,6,16H,5H2,(H,18,19)(H,20,21)(H2,13,14,15,17). The van der Waals surface area contributed by atoms with Crippen molar-refractivity contribution in [3.63, 3.8) is 0 Å². The van der Waals surface area contributed by atoms with Crippen LogP contribution in [0.25, 0.3) is 0 Å². The number of nitrogens with zero attached hydrogens (tertiary/aromatic N) is 1. The number of aromatic carboxylic acids is 1. The molecule has 0 radical (unpaired) electrons. The van der Waals surface area contributed by atoms with Crippen molar-refractivity contribution >= 4 is 28.9 Å². The first kappa shape index (κ1) is 15.7. The Kier molecular flexibility index (Phi) is 4.86. The Morgan fingerprint density at radius 3 is 2.55 bits per heavy atom. The van der Waals surface area contributed by atoms with Crippen molar-refractivity contribution in [2.24, 2.45) is 0 Å². The summed E-state index contributed by atoms with van der Waals surface area (Å²) in [5, 5.41) is 11.6. The quantitative estimate of drug-likeness (QED) is 0.490. The van der Waals surface area contributed by atoms with Gasteiger partial charge in [-0.05, 0) is 17.7 Å². The van der Waals surface area contributed by atoms with Crippen LogP contribution >= 0.6 is 0 Å². The molecule has 0 spiro atoms. The molecule has 1 heterocycles. The highest BCUT2D eigenvalue weighted by Crippen LogP contribution is 2.10. The summed E-state index contributed by atoms with van der Waals surface area (Å²) in [4.78, 5) is 28.3. The summed E-state index contributed by atoms with van der Waals surface area (Å²) in [6, 6.07) is 6.67. The fraction of sp³-hybridized carbons (Fsp3) is 0.0833. The first-order chi connectivity index (χ1) is 10.5. The maximum Gasteiger partial charge on any atom is 0.342 e. The molecule has 1 atom stereocenters. The van der Waals surface area contributed by atoms with E-state index in [0.29, 0.717) is 12.2 Å². The van der Waals surface area contributed by atoms with Gasteiger partial charge in [0.2, 0.25) is 5.95 Å². The van der Waals surface area contributed by atoms with E-state index in [1.165, 1.54) is 0 Å². The van der Waals surface area contributed by atoms with E-state index in [1.54, 1.807) is 24.3 Å². The molecule has 1 aromatic carbocycles. The van der Waals surface area contributed by atoms with Crippen LogP contribution in [0.3, 0.4) is 0 Å². The summed E-state index contributed by atoms with van der Waals surface area (Å²) in [5.41, 5.74) is 0.147. The third-order valence-corrected chi connectivity index (χ3v) is 3.06. The van der Waals surface area contributed by atoms with Crippen LogP contribution in [0.5, 0.6) is 0 Å². The van der Waals surface area contributed by atoms with Crippen molar-refractivity contribution in [3.05, 3.63) is 51.9 Å². The maximum absolute atomic E-state index is 11.5. The Morgan fingerprint density at radius 2 is 2.00 bits per heavy atom. The number of carbonyl (C=O) groups is 1. The van der Waals surface area contributed by atoms with E-state index in [9.17, 15) is 13.8 Å². The van der Waals surface area contributed by atoms with Gasteiger partial charge in [-0.1, -0.05) is 12.1 Å². The molecule has 0 aliphatic rings. The molecule has 2 aromatic rings. The Morgan fingerprint density at radius 1 is 1.32 bits per heavy atom. The highest BCUT2D eigenvalue weighted by atomic mass is 32.2. The molecule has 5 N–H and O–H groups in total. The number of carboxylic acid groups (broad SMARTS) is 1. The molecule has 0 aliphatic heterocycles. The number of benzene rings is 1. The number of H-pyrrole nitrogens is 1. The second-order valence-electron chi connectivity index (χ2n) is 4.18. The summed E-state index contributed by atoms with van der Waals surface area (Å²) >= 11 is -2.13. The summed E-state index contributed by atoms with van der Waals surface area (Å²) in [5.74, 6) is -1.20. The van der Waals surface area contributed by atoms with E-state index in [1.807, 2.05) is 0 Å². The highest BCUT2D eigenvalue weighted by Gasteiger charge is 2.09. The largest absolute Gasteiger partial charge is 0.477 e. The van der Waals surface area contributed by atoms with Gasteiger partial charge in [0.1, 0.15) is 5.56 Å². The van der Waals surface area contributed by atoms with Crippen LogP contribution in [0.2, 0.25) is 0 Å². The number of carboxylic acids is 1. The molecule has 22 heavy (non-hydrogen) atoms. The summed E-state index contributed by atoms with van der Waals surface area (Å²) in [6.07, 6.45) is 0.979. The van der Waals surface area contributed by atoms with Crippen LogP contribution in [-0.2, 0) is 17.8 Å². The molecule has 0 amide bonds. The van der Waals surface area contributed by atoms with Crippen molar-refractivity contribution in [1.82, 2.24) is 9.97 Å². The van der Waals surface area contributed by atoms with Gasteiger partial charge in [0, 0.05) is 12.2 Å². The molecule has 10 heteroatoms. The number of aromatic nitrogens is 2. The lowest BCUT2D eigenvalue weighted by Crippen LogP contribution is -2.20. The fourth-order valence-electron chi connectivity index (χ4n) is 1.61. The molecule has 0 saturated heterocycles. The van der Waals surface area contributed by atoms with E-state index < -0.39 is 28.4 Å². The smallest absolute Gasteiger partial charge is 0.342 e. The molecule has 2 rings (SSSR count). The molecule has 0 saturated carbocycles. The van der Waals surface area contributed by atoms with Crippen LogP contribution in [0, 0.1) is 0 Å². The van der Waals surface area contributed by atoms with Gasteiger partial charge in [0.05, 0.1) is 6.20 Å². The summed E-state index contributed by atoms with van der Waals surface area (Å²) in [6.45, 7) is 0.331. The summed E-state index contributed by atoms with van der Waals surface area (Å²) < 4.78 is 21.6. The van der Waals surface area contributed by atoms with Crippen molar-refractivity contribution in [2.75, 3.05) is 10.0 Å². The van der Waals surface area contributed by atoms with Crippen molar-refractivity contribution in [2.45, 2.75) is 6.54 Å². The van der Waals surface area contributed by atoms with Crippen LogP contribution in [0.15, 0.2) is 35.3 Å². The number of rotatable bonds is 6. The lowest BCUT2D eigenvalue weighted by atomic mass is 10.2. The first-order valence-corrected chi connectivity index (χ1v) is 7.09. The van der Waals surface area contributed by atoms with Crippen LogP contribution < -0.4 is 15.6 Å². The van der Waals surface area contributed by atoms with Crippen LogP contribution in [0.4, 0.5) is 11.6 Å². The Bertz CT molecular complexity index is 759. The van der Waals surface area contributed by atoms with Gasteiger partial charge in [-0.3, -0.25) is 19.1 Å². The van der Waals surface area contributed by atoms with Gasteiger partial charge in [0.25, 0.3) is 16.8 Å².